The fourth-order valence-corrected chi connectivity index (χ4v) is 3.67. The number of ketones is 1. The van der Waals surface area contributed by atoms with Crippen LogP contribution >= 0.6 is 0 Å². The maximum atomic E-state index is 12.3. The zero-order valence-corrected chi connectivity index (χ0v) is 15.0. The summed E-state index contributed by atoms with van der Waals surface area (Å²) >= 11 is 0. The Bertz CT molecular complexity index is 565. The van der Waals surface area contributed by atoms with Gasteiger partial charge in [-0.05, 0) is 74.5 Å². The predicted octanol–water partition coefficient (Wildman–Crippen LogP) is 3.57. The number of hydrogen-bond acceptors (Lipinski definition) is 3. The first-order chi connectivity index (χ1) is 10.6. The molecule has 0 amide bonds. The lowest BCUT2D eigenvalue weighted by Crippen LogP contribution is -2.21. The Labute approximate surface area is 139 Å². The molecule has 3 nitrogen and oxygen atoms in total. The Morgan fingerprint density at radius 2 is 1.78 bits per heavy atom. The Morgan fingerprint density at radius 3 is 2.43 bits per heavy atom. The molecule has 0 bridgehead atoms. The zero-order valence-electron chi connectivity index (χ0n) is 15.0. The first-order valence-electron chi connectivity index (χ1n) is 8.57. The average molecular weight is 318 g/mol. The number of aliphatic hydroxyl groups is 2. The SMILES string of the molecule is CC1=CCC(O)C(C)=CC(O)C(=O)C(C)=CC2C(CC1)C2(C)C. The maximum Gasteiger partial charge on any atom is 0.190 e. The van der Waals surface area contributed by atoms with E-state index in [0.29, 0.717) is 29.4 Å². The molecule has 23 heavy (non-hydrogen) atoms. The zero-order chi connectivity index (χ0) is 17.4. The molecule has 128 valence electrons. The highest BCUT2D eigenvalue weighted by atomic mass is 16.3. The van der Waals surface area contributed by atoms with Crippen molar-refractivity contribution in [3.05, 3.63) is 34.9 Å². The highest BCUT2D eigenvalue weighted by molar-refractivity contribution is 5.99. The summed E-state index contributed by atoms with van der Waals surface area (Å²) < 4.78 is 0. The molecule has 2 aliphatic rings. The lowest BCUT2D eigenvalue weighted by atomic mass is 9.98. The molecule has 3 heteroatoms. The van der Waals surface area contributed by atoms with E-state index in [-0.39, 0.29) is 11.2 Å². The molecule has 4 unspecified atom stereocenters. The molecule has 0 aromatic rings. The number of aliphatic hydroxyl groups excluding tert-OH is 2. The topological polar surface area (TPSA) is 57.5 Å². The van der Waals surface area contributed by atoms with E-state index in [1.807, 2.05) is 6.08 Å². The van der Waals surface area contributed by atoms with E-state index >= 15 is 0 Å². The second kappa shape index (κ2) is 6.74. The van der Waals surface area contributed by atoms with Gasteiger partial charge in [-0.25, -0.2) is 0 Å². The second-order valence-electron chi connectivity index (χ2n) is 7.86. The fraction of sp³-hybridized carbons (Fsp3) is 0.650. The largest absolute Gasteiger partial charge is 0.388 e. The van der Waals surface area contributed by atoms with Gasteiger partial charge in [0.1, 0.15) is 6.10 Å². The number of allylic oxidation sites excluding steroid dienone is 2. The van der Waals surface area contributed by atoms with Crippen molar-refractivity contribution in [3.63, 3.8) is 0 Å². The third-order valence-corrected chi connectivity index (χ3v) is 5.71. The van der Waals surface area contributed by atoms with Crippen molar-refractivity contribution in [2.75, 3.05) is 0 Å². The number of carbonyl (C=O) groups excluding carboxylic acids is 1. The van der Waals surface area contributed by atoms with Gasteiger partial charge in [0.15, 0.2) is 5.78 Å². The molecule has 0 heterocycles. The molecule has 1 saturated carbocycles. The summed E-state index contributed by atoms with van der Waals surface area (Å²) in [5.41, 5.74) is 2.79. The van der Waals surface area contributed by atoms with Gasteiger partial charge in [0.2, 0.25) is 0 Å². The molecule has 0 radical (unpaired) electrons. The van der Waals surface area contributed by atoms with Crippen LogP contribution in [0.1, 0.15) is 53.9 Å². The minimum Gasteiger partial charge on any atom is -0.388 e. The normalized spacial score (nSPS) is 35.4. The number of Topliss-reactive ketones (excluding diaryl/α,β-unsaturated/α-hetero) is 1. The van der Waals surface area contributed by atoms with Crippen LogP contribution in [0.25, 0.3) is 0 Å². The van der Waals surface area contributed by atoms with Crippen molar-refractivity contribution in [3.8, 4) is 0 Å². The first kappa shape index (κ1) is 18.2. The van der Waals surface area contributed by atoms with Gasteiger partial charge >= 0.3 is 0 Å². The summed E-state index contributed by atoms with van der Waals surface area (Å²) in [5.74, 6) is 0.725. The standard InChI is InChI=1S/C20H30O3/c1-12-6-8-15-16(20(15,4)5)10-14(3)19(23)18(22)11-13(2)17(21)9-7-12/h7,10-11,15-18,21-22H,6,8-9H2,1-5H3. The lowest BCUT2D eigenvalue weighted by molar-refractivity contribution is -0.121. The average Bonchev–Trinajstić information content (AvgIpc) is 3.00. The third kappa shape index (κ3) is 4.02. The van der Waals surface area contributed by atoms with Crippen LogP contribution in [0.15, 0.2) is 34.9 Å². The van der Waals surface area contributed by atoms with E-state index in [1.54, 1.807) is 13.8 Å². The summed E-state index contributed by atoms with van der Waals surface area (Å²) in [4.78, 5) is 12.3. The highest BCUT2D eigenvalue weighted by Gasteiger charge is 2.55. The van der Waals surface area contributed by atoms with Gasteiger partial charge in [-0.2, -0.15) is 0 Å². The third-order valence-electron chi connectivity index (χ3n) is 5.71. The van der Waals surface area contributed by atoms with Crippen LogP contribution in [0.2, 0.25) is 0 Å². The Morgan fingerprint density at radius 1 is 1.13 bits per heavy atom. The van der Waals surface area contributed by atoms with E-state index in [9.17, 15) is 15.0 Å². The van der Waals surface area contributed by atoms with E-state index in [1.165, 1.54) is 11.6 Å². The molecule has 2 N–H and O–H groups in total. The highest BCUT2D eigenvalue weighted by Crippen LogP contribution is 2.61. The smallest absolute Gasteiger partial charge is 0.190 e. The number of fused-ring (bicyclic) bond motifs is 1. The van der Waals surface area contributed by atoms with Gasteiger partial charge in [0.25, 0.3) is 0 Å². The van der Waals surface area contributed by atoms with Crippen LogP contribution in [0.3, 0.4) is 0 Å². The predicted molar refractivity (Wildman–Crippen MR) is 92.9 cm³/mol. The summed E-state index contributed by atoms with van der Waals surface area (Å²) in [6, 6.07) is 0. The molecule has 2 aliphatic carbocycles. The van der Waals surface area contributed by atoms with E-state index in [2.05, 4.69) is 26.8 Å². The Hall–Kier alpha value is -1.19. The fourth-order valence-electron chi connectivity index (χ4n) is 3.67. The Kier molecular flexibility index (Phi) is 5.32. The molecule has 0 aliphatic heterocycles. The number of carbonyl (C=O) groups is 1. The van der Waals surface area contributed by atoms with Crippen molar-refractivity contribution in [1.29, 1.82) is 0 Å². The van der Waals surface area contributed by atoms with Crippen LogP contribution in [0, 0.1) is 17.3 Å². The van der Waals surface area contributed by atoms with Crippen molar-refractivity contribution in [2.24, 2.45) is 17.3 Å². The van der Waals surface area contributed by atoms with Crippen LogP contribution in [0.4, 0.5) is 0 Å². The quantitative estimate of drug-likeness (QED) is 0.671. The number of rotatable bonds is 0. The minimum atomic E-state index is -1.17. The second-order valence-corrected chi connectivity index (χ2v) is 7.86. The van der Waals surface area contributed by atoms with Crippen molar-refractivity contribution >= 4 is 5.78 Å². The summed E-state index contributed by atoms with van der Waals surface area (Å²) in [6.07, 6.45) is 6.44. The molecule has 0 saturated heterocycles. The van der Waals surface area contributed by atoms with Gasteiger partial charge in [0, 0.05) is 0 Å². The molecule has 0 aromatic heterocycles. The van der Waals surface area contributed by atoms with E-state index in [4.69, 9.17) is 0 Å². The summed E-state index contributed by atoms with van der Waals surface area (Å²) in [7, 11) is 0. The van der Waals surface area contributed by atoms with Gasteiger partial charge in [0.05, 0.1) is 6.10 Å². The summed E-state index contributed by atoms with van der Waals surface area (Å²) in [6.45, 7) is 10.2. The van der Waals surface area contributed by atoms with Gasteiger partial charge in [-0.3, -0.25) is 4.79 Å². The van der Waals surface area contributed by atoms with Crippen molar-refractivity contribution in [2.45, 2.75) is 66.1 Å². The van der Waals surface area contributed by atoms with Crippen LogP contribution in [0.5, 0.6) is 0 Å². The molecule has 2 rings (SSSR count). The van der Waals surface area contributed by atoms with Gasteiger partial charge in [-0.1, -0.05) is 31.6 Å². The minimum absolute atomic E-state index is 0.220. The molecule has 1 fully saturated rings. The van der Waals surface area contributed by atoms with Crippen LogP contribution < -0.4 is 0 Å². The van der Waals surface area contributed by atoms with Crippen LogP contribution in [-0.4, -0.2) is 28.2 Å². The molecule has 4 atom stereocenters. The summed E-state index contributed by atoms with van der Waals surface area (Å²) in [5, 5.41) is 20.3. The van der Waals surface area contributed by atoms with E-state index < -0.39 is 12.2 Å². The monoisotopic (exact) mass is 318 g/mol. The molecule has 0 aromatic carbocycles. The van der Waals surface area contributed by atoms with Gasteiger partial charge < -0.3 is 10.2 Å². The van der Waals surface area contributed by atoms with Crippen LogP contribution in [-0.2, 0) is 4.79 Å². The molecule has 0 spiro atoms. The molecular weight excluding hydrogens is 288 g/mol. The lowest BCUT2D eigenvalue weighted by Gasteiger charge is -2.13. The Balaban J connectivity index is 2.30. The maximum absolute atomic E-state index is 12.3. The van der Waals surface area contributed by atoms with E-state index in [0.717, 1.165) is 12.8 Å². The van der Waals surface area contributed by atoms with Crippen molar-refractivity contribution in [1.82, 2.24) is 0 Å². The number of hydrogen-bond donors (Lipinski definition) is 2. The van der Waals surface area contributed by atoms with Crippen molar-refractivity contribution < 1.29 is 15.0 Å². The molecular formula is C20H30O3. The first-order valence-corrected chi connectivity index (χ1v) is 8.57. The van der Waals surface area contributed by atoms with Gasteiger partial charge in [-0.15, -0.1) is 0 Å².